The van der Waals surface area contributed by atoms with Crippen LogP contribution in [0.25, 0.3) is 17.4 Å². The number of nitrogens with zero attached hydrogens (tertiary/aromatic N) is 1. The van der Waals surface area contributed by atoms with Crippen LogP contribution in [-0.4, -0.2) is 22.1 Å². The fraction of sp³-hybridized carbons (Fsp3) is 0.222. The summed E-state index contributed by atoms with van der Waals surface area (Å²) in [5.41, 5.74) is 0.707. The van der Waals surface area contributed by atoms with E-state index in [4.69, 9.17) is 27.6 Å². The number of furan rings is 1. The Morgan fingerprint density at radius 3 is 2.68 bits per heavy atom. The summed E-state index contributed by atoms with van der Waals surface area (Å²) < 4.78 is 5.76. The molecule has 0 saturated carbocycles. The van der Waals surface area contributed by atoms with Gasteiger partial charge in [0.15, 0.2) is 0 Å². The Morgan fingerprint density at radius 2 is 2.00 bits per heavy atom. The number of hydrogen-bond donors (Lipinski definition) is 0. The zero-order valence-corrected chi connectivity index (χ0v) is 15.9. The lowest BCUT2D eigenvalue weighted by Crippen LogP contribution is -2.36. The van der Waals surface area contributed by atoms with E-state index < -0.39 is 0 Å². The maximum Gasteiger partial charge on any atom is 0.293 e. The fourth-order valence-electron chi connectivity index (χ4n) is 2.44. The quantitative estimate of drug-likeness (QED) is 0.587. The van der Waals surface area contributed by atoms with Gasteiger partial charge in [-0.3, -0.25) is 14.5 Å². The Balaban J connectivity index is 1.87. The van der Waals surface area contributed by atoms with E-state index >= 15 is 0 Å². The number of amides is 2. The van der Waals surface area contributed by atoms with Crippen molar-refractivity contribution in [1.82, 2.24) is 4.90 Å². The molecular weight excluding hydrogens is 381 g/mol. The van der Waals surface area contributed by atoms with Gasteiger partial charge in [-0.2, -0.15) is 0 Å². The second-order valence-corrected chi connectivity index (χ2v) is 7.47. The summed E-state index contributed by atoms with van der Waals surface area (Å²) in [4.78, 5) is 26.1. The van der Waals surface area contributed by atoms with E-state index in [1.165, 1.54) is 4.90 Å². The molecule has 0 N–H and O–H groups in total. The molecule has 0 radical (unpaired) electrons. The standard InChI is InChI=1S/C18H15Cl2NO3S/c1-3-10(2)21-17(22)16(25-18(21)23)9-12-5-7-15(24-12)13-6-4-11(19)8-14(13)20/h4-10H,3H2,1-2H3/b16-9-/t10-/m1/s1. The molecule has 0 bridgehead atoms. The second kappa shape index (κ2) is 7.28. The van der Waals surface area contributed by atoms with Crippen molar-refractivity contribution in [3.63, 3.8) is 0 Å². The average molecular weight is 396 g/mol. The first-order valence-corrected chi connectivity index (χ1v) is 9.30. The van der Waals surface area contributed by atoms with Gasteiger partial charge in [0.25, 0.3) is 11.1 Å². The predicted molar refractivity (Wildman–Crippen MR) is 102 cm³/mol. The lowest BCUT2D eigenvalue weighted by atomic mass is 10.2. The minimum Gasteiger partial charge on any atom is -0.457 e. The molecule has 0 spiro atoms. The van der Waals surface area contributed by atoms with Gasteiger partial charge in [0.2, 0.25) is 0 Å². The lowest BCUT2D eigenvalue weighted by Gasteiger charge is -2.19. The van der Waals surface area contributed by atoms with Gasteiger partial charge >= 0.3 is 0 Å². The Morgan fingerprint density at radius 1 is 1.24 bits per heavy atom. The van der Waals surface area contributed by atoms with Crippen molar-refractivity contribution in [3.05, 3.63) is 51.0 Å². The molecule has 0 aliphatic carbocycles. The number of halogens is 2. The van der Waals surface area contributed by atoms with Crippen molar-refractivity contribution in [2.45, 2.75) is 26.3 Å². The fourth-order valence-corrected chi connectivity index (χ4v) is 3.85. The van der Waals surface area contributed by atoms with Crippen molar-refractivity contribution in [2.24, 2.45) is 0 Å². The minimum atomic E-state index is -0.285. The highest BCUT2D eigenvalue weighted by atomic mass is 35.5. The molecule has 130 valence electrons. The number of imide groups is 1. The Labute approximate surface area is 159 Å². The van der Waals surface area contributed by atoms with Crippen LogP contribution in [0.1, 0.15) is 26.0 Å². The van der Waals surface area contributed by atoms with Crippen LogP contribution in [-0.2, 0) is 4.79 Å². The van der Waals surface area contributed by atoms with Crippen molar-refractivity contribution in [1.29, 1.82) is 0 Å². The van der Waals surface area contributed by atoms with Gasteiger partial charge in [0.1, 0.15) is 11.5 Å². The second-order valence-electron chi connectivity index (χ2n) is 5.64. The van der Waals surface area contributed by atoms with Crippen molar-refractivity contribution >= 4 is 52.2 Å². The smallest absolute Gasteiger partial charge is 0.293 e. The minimum absolute atomic E-state index is 0.126. The molecule has 1 saturated heterocycles. The SMILES string of the molecule is CC[C@@H](C)N1C(=O)S/C(=C\c2ccc(-c3ccc(Cl)cc3Cl)o2)C1=O. The summed E-state index contributed by atoms with van der Waals surface area (Å²) in [6, 6.07) is 8.50. The van der Waals surface area contributed by atoms with Crippen molar-refractivity contribution in [2.75, 3.05) is 0 Å². The molecule has 1 atom stereocenters. The highest BCUT2D eigenvalue weighted by Crippen LogP contribution is 2.36. The highest BCUT2D eigenvalue weighted by Gasteiger charge is 2.37. The lowest BCUT2D eigenvalue weighted by molar-refractivity contribution is -0.124. The van der Waals surface area contributed by atoms with Crippen LogP contribution in [0.3, 0.4) is 0 Å². The molecule has 1 aliphatic heterocycles. The molecule has 1 aromatic carbocycles. The highest BCUT2D eigenvalue weighted by molar-refractivity contribution is 8.18. The maximum atomic E-state index is 12.4. The zero-order valence-electron chi connectivity index (χ0n) is 13.6. The number of benzene rings is 1. The molecule has 3 rings (SSSR count). The molecule has 1 aliphatic rings. The van der Waals surface area contributed by atoms with Gasteiger partial charge < -0.3 is 4.42 Å². The summed E-state index contributed by atoms with van der Waals surface area (Å²) in [5, 5.41) is 0.767. The van der Waals surface area contributed by atoms with E-state index in [-0.39, 0.29) is 17.2 Å². The summed E-state index contributed by atoms with van der Waals surface area (Å²) in [6.45, 7) is 3.79. The summed E-state index contributed by atoms with van der Waals surface area (Å²) in [6.07, 6.45) is 2.30. The third kappa shape index (κ3) is 3.64. The van der Waals surface area contributed by atoms with Crippen LogP contribution in [0, 0.1) is 0 Å². The molecular formula is C18H15Cl2NO3S. The number of carbonyl (C=O) groups is 2. The van der Waals surface area contributed by atoms with Crippen LogP contribution in [0.5, 0.6) is 0 Å². The Kier molecular flexibility index (Phi) is 5.27. The number of hydrogen-bond acceptors (Lipinski definition) is 4. The number of carbonyl (C=O) groups excluding carboxylic acids is 2. The number of thioether (sulfide) groups is 1. The first-order chi connectivity index (χ1) is 11.9. The average Bonchev–Trinajstić information content (AvgIpc) is 3.12. The van der Waals surface area contributed by atoms with Gasteiger partial charge in [-0.05, 0) is 55.4 Å². The predicted octanol–water partition coefficient (Wildman–Crippen LogP) is 6.09. The molecule has 0 unspecified atom stereocenters. The first kappa shape index (κ1) is 18.1. The number of rotatable bonds is 4. The largest absolute Gasteiger partial charge is 0.457 e. The molecule has 2 amide bonds. The molecule has 1 aromatic heterocycles. The molecule has 7 heteroatoms. The van der Waals surface area contributed by atoms with Gasteiger partial charge in [0.05, 0.1) is 9.93 Å². The maximum absolute atomic E-state index is 12.4. The van der Waals surface area contributed by atoms with E-state index in [1.54, 1.807) is 36.4 Å². The molecule has 4 nitrogen and oxygen atoms in total. The molecule has 25 heavy (non-hydrogen) atoms. The van der Waals surface area contributed by atoms with Gasteiger partial charge in [-0.1, -0.05) is 30.1 Å². The molecule has 2 aromatic rings. The van der Waals surface area contributed by atoms with E-state index in [2.05, 4.69) is 0 Å². The Bertz CT molecular complexity index is 875. The van der Waals surface area contributed by atoms with E-state index in [9.17, 15) is 9.59 Å². The van der Waals surface area contributed by atoms with Gasteiger partial charge in [-0.15, -0.1) is 0 Å². The van der Waals surface area contributed by atoms with Crippen LogP contribution in [0.2, 0.25) is 10.0 Å². The normalized spacial score (nSPS) is 17.6. The van der Waals surface area contributed by atoms with Crippen LogP contribution in [0.15, 0.2) is 39.7 Å². The third-order valence-electron chi connectivity index (χ3n) is 3.95. The third-order valence-corrected chi connectivity index (χ3v) is 5.38. The van der Waals surface area contributed by atoms with Crippen LogP contribution < -0.4 is 0 Å². The van der Waals surface area contributed by atoms with Gasteiger partial charge in [-0.25, -0.2) is 0 Å². The van der Waals surface area contributed by atoms with Crippen LogP contribution >= 0.6 is 35.0 Å². The van der Waals surface area contributed by atoms with Crippen molar-refractivity contribution < 1.29 is 14.0 Å². The monoisotopic (exact) mass is 395 g/mol. The van der Waals surface area contributed by atoms with E-state index in [0.717, 1.165) is 11.8 Å². The van der Waals surface area contributed by atoms with E-state index in [0.29, 0.717) is 38.5 Å². The topological polar surface area (TPSA) is 50.5 Å². The summed E-state index contributed by atoms with van der Waals surface area (Å²) >= 11 is 13.0. The van der Waals surface area contributed by atoms with Gasteiger partial charge in [0, 0.05) is 22.7 Å². The molecule has 1 fully saturated rings. The summed E-state index contributed by atoms with van der Waals surface area (Å²) in [5.74, 6) is 0.761. The zero-order chi connectivity index (χ0) is 18.1. The molecule has 2 heterocycles. The Hall–Kier alpha value is -1.69. The van der Waals surface area contributed by atoms with Crippen LogP contribution in [0.4, 0.5) is 4.79 Å². The van der Waals surface area contributed by atoms with E-state index in [1.807, 2.05) is 13.8 Å². The van der Waals surface area contributed by atoms with Crippen molar-refractivity contribution in [3.8, 4) is 11.3 Å². The summed E-state index contributed by atoms with van der Waals surface area (Å²) in [7, 11) is 0. The first-order valence-electron chi connectivity index (χ1n) is 7.73.